The molecule has 6 heteroatoms. The molecule has 2 aliphatic heterocycles. The molecule has 3 rings (SSSR count). The number of non-ortho nitro benzene ring substituents is 1. The van der Waals surface area contributed by atoms with E-state index >= 15 is 0 Å². The van der Waals surface area contributed by atoms with Crippen molar-refractivity contribution in [3.05, 3.63) is 39.9 Å². The molecule has 118 valence electrons. The first-order valence-electron chi connectivity index (χ1n) is 7.66. The number of hydrogen-bond acceptors (Lipinski definition) is 5. The minimum Gasteiger partial charge on any atom is -0.388 e. The topological polar surface area (TPSA) is 83.7 Å². The Kier molecular flexibility index (Phi) is 3.97. The highest BCUT2D eigenvalue weighted by molar-refractivity contribution is 5.84. The summed E-state index contributed by atoms with van der Waals surface area (Å²) in [5.74, 6) is -0.332. The van der Waals surface area contributed by atoms with Crippen molar-refractivity contribution >= 4 is 11.5 Å². The molecule has 2 aliphatic rings. The zero-order valence-corrected chi connectivity index (χ0v) is 12.5. The number of carbonyl (C=O) groups excluding carboxylic acids is 1. The predicted molar refractivity (Wildman–Crippen MR) is 80.4 cm³/mol. The molecule has 4 atom stereocenters. The molecule has 2 saturated heterocycles. The summed E-state index contributed by atoms with van der Waals surface area (Å²) >= 11 is 0. The van der Waals surface area contributed by atoms with Crippen LogP contribution in [-0.4, -0.2) is 39.8 Å². The predicted octanol–water partition coefficient (Wildman–Crippen LogP) is 2.07. The van der Waals surface area contributed by atoms with Crippen LogP contribution in [0.15, 0.2) is 24.3 Å². The number of aliphatic hydroxyl groups excluding tert-OH is 1. The van der Waals surface area contributed by atoms with Crippen LogP contribution >= 0.6 is 0 Å². The van der Waals surface area contributed by atoms with Gasteiger partial charge in [-0.15, -0.1) is 0 Å². The van der Waals surface area contributed by atoms with Gasteiger partial charge in [0.2, 0.25) is 0 Å². The molecule has 0 saturated carbocycles. The maximum absolute atomic E-state index is 12.4. The molecule has 1 N–H and O–H groups in total. The van der Waals surface area contributed by atoms with E-state index in [1.165, 1.54) is 12.1 Å². The molecule has 0 aromatic heterocycles. The minimum absolute atomic E-state index is 0.0132. The summed E-state index contributed by atoms with van der Waals surface area (Å²) in [6.45, 7) is 0. The lowest BCUT2D eigenvalue weighted by Crippen LogP contribution is -2.56. The molecule has 0 amide bonds. The molecule has 2 heterocycles. The van der Waals surface area contributed by atoms with Crippen LogP contribution in [0, 0.1) is 16.0 Å². The Morgan fingerprint density at radius 1 is 1.32 bits per heavy atom. The van der Waals surface area contributed by atoms with E-state index in [9.17, 15) is 20.0 Å². The van der Waals surface area contributed by atoms with Crippen molar-refractivity contribution in [1.29, 1.82) is 0 Å². The molecule has 1 aromatic rings. The number of hydrogen-bond donors (Lipinski definition) is 1. The van der Waals surface area contributed by atoms with Crippen LogP contribution in [0.2, 0.25) is 0 Å². The lowest BCUT2D eigenvalue weighted by atomic mass is 9.73. The normalized spacial score (nSPS) is 30.1. The number of nitro groups is 1. The van der Waals surface area contributed by atoms with Gasteiger partial charge in [-0.2, -0.15) is 0 Å². The van der Waals surface area contributed by atoms with E-state index in [2.05, 4.69) is 4.90 Å². The monoisotopic (exact) mass is 304 g/mol. The fraction of sp³-hybridized carbons (Fsp3) is 0.562. The van der Waals surface area contributed by atoms with E-state index in [1.807, 2.05) is 7.05 Å². The Morgan fingerprint density at radius 3 is 2.64 bits per heavy atom. The van der Waals surface area contributed by atoms with Crippen LogP contribution < -0.4 is 0 Å². The summed E-state index contributed by atoms with van der Waals surface area (Å²) in [7, 11) is 2.02. The van der Waals surface area contributed by atoms with E-state index in [0.717, 1.165) is 19.3 Å². The van der Waals surface area contributed by atoms with Crippen LogP contribution in [0.25, 0.3) is 0 Å². The number of benzene rings is 1. The van der Waals surface area contributed by atoms with Crippen molar-refractivity contribution in [2.45, 2.75) is 43.9 Å². The van der Waals surface area contributed by atoms with Crippen LogP contribution in [0.1, 0.15) is 37.4 Å². The van der Waals surface area contributed by atoms with Crippen molar-refractivity contribution in [3.63, 3.8) is 0 Å². The number of piperidine rings is 2. The van der Waals surface area contributed by atoms with Gasteiger partial charge in [0.15, 0.2) is 0 Å². The first kappa shape index (κ1) is 15.1. The second kappa shape index (κ2) is 5.78. The summed E-state index contributed by atoms with van der Waals surface area (Å²) in [5, 5.41) is 21.4. The van der Waals surface area contributed by atoms with Gasteiger partial charge in [-0.25, -0.2) is 0 Å². The average molecular weight is 304 g/mol. The third-order valence-electron chi connectivity index (χ3n) is 5.15. The fourth-order valence-electron chi connectivity index (χ4n) is 3.89. The second-order valence-electron chi connectivity index (χ2n) is 6.31. The van der Waals surface area contributed by atoms with E-state index in [-0.39, 0.29) is 17.5 Å². The Morgan fingerprint density at radius 2 is 2.00 bits per heavy atom. The Labute approximate surface area is 128 Å². The highest BCUT2D eigenvalue weighted by Crippen LogP contribution is 2.40. The summed E-state index contributed by atoms with van der Waals surface area (Å²) in [6, 6.07) is 6.20. The Bertz CT molecular complexity index is 586. The molecular formula is C16H20N2O4. The number of nitrogens with zero attached hydrogens (tertiary/aromatic N) is 2. The summed E-state index contributed by atoms with van der Waals surface area (Å²) in [6.07, 6.45) is 2.62. The van der Waals surface area contributed by atoms with Gasteiger partial charge in [-0.05, 0) is 37.6 Å². The van der Waals surface area contributed by atoms with E-state index in [0.29, 0.717) is 18.0 Å². The molecular weight excluding hydrogens is 284 g/mol. The van der Waals surface area contributed by atoms with E-state index in [1.54, 1.807) is 12.1 Å². The molecule has 6 nitrogen and oxygen atoms in total. The summed E-state index contributed by atoms with van der Waals surface area (Å²) in [5.41, 5.74) is 0.558. The molecule has 1 unspecified atom stereocenters. The smallest absolute Gasteiger partial charge is 0.269 e. The molecule has 0 radical (unpaired) electrons. The number of ketones is 1. The van der Waals surface area contributed by atoms with Gasteiger partial charge < -0.3 is 5.11 Å². The number of nitro benzene ring substituents is 1. The number of Topliss-reactive ketones (excluding diaryl/α,β-unsaturated/α-hetero) is 1. The van der Waals surface area contributed by atoms with Gasteiger partial charge in [-0.1, -0.05) is 6.42 Å². The zero-order valence-electron chi connectivity index (χ0n) is 12.5. The van der Waals surface area contributed by atoms with Crippen LogP contribution in [0.5, 0.6) is 0 Å². The number of rotatable bonds is 3. The van der Waals surface area contributed by atoms with Crippen molar-refractivity contribution in [1.82, 2.24) is 4.90 Å². The van der Waals surface area contributed by atoms with Crippen molar-refractivity contribution in [2.75, 3.05) is 7.05 Å². The molecule has 1 aromatic carbocycles. The van der Waals surface area contributed by atoms with Gasteiger partial charge in [0.05, 0.1) is 16.9 Å². The Balaban J connectivity index is 1.85. The highest BCUT2D eigenvalue weighted by Gasteiger charge is 2.45. The van der Waals surface area contributed by atoms with Crippen LogP contribution in [-0.2, 0) is 4.79 Å². The quantitative estimate of drug-likeness (QED) is 0.682. The van der Waals surface area contributed by atoms with Gasteiger partial charge in [0.1, 0.15) is 5.78 Å². The summed E-state index contributed by atoms with van der Waals surface area (Å²) in [4.78, 5) is 24.9. The lowest BCUT2D eigenvalue weighted by Gasteiger charge is -2.48. The van der Waals surface area contributed by atoms with E-state index in [4.69, 9.17) is 0 Å². The van der Waals surface area contributed by atoms with Crippen LogP contribution in [0.4, 0.5) is 5.69 Å². The lowest BCUT2D eigenvalue weighted by molar-refractivity contribution is -0.384. The third-order valence-corrected chi connectivity index (χ3v) is 5.15. The third kappa shape index (κ3) is 2.53. The molecule has 0 spiro atoms. The maximum Gasteiger partial charge on any atom is 0.269 e. The number of fused-ring (bicyclic) bond motifs is 2. The largest absolute Gasteiger partial charge is 0.388 e. The van der Waals surface area contributed by atoms with Crippen molar-refractivity contribution in [2.24, 2.45) is 5.92 Å². The standard InChI is InChI=1S/C16H20N2O4/c1-17-12-3-2-4-13(17)15(14(19)9-12)16(20)10-5-7-11(8-6-10)18(21)22/h5-8,12-13,15-16,20H,2-4,9H2,1H3/t12-,13+,15+,16?/m1/s1. The van der Waals surface area contributed by atoms with E-state index < -0.39 is 16.9 Å². The maximum atomic E-state index is 12.4. The Hall–Kier alpha value is -1.79. The molecule has 2 fully saturated rings. The minimum atomic E-state index is -0.903. The zero-order chi connectivity index (χ0) is 15.9. The van der Waals surface area contributed by atoms with Crippen molar-refractivity contribution in [3.8, 4) is 0 Å². The number of aliphatic hydroxyl groups is 1. The molecule has 2 bridgehead atoms. The molecule has 22 heavy (non-hydrogen) atoms. The second-order valence-corrected chi connectivity index (χ2v) is 6.31. The summed E-state index contributed by atoms with van der Waals surface area (Å²) < 4.78 is 0. The van der Waals surface area contributed by atoms with Gasteiger partial charge >= 0.3 is 0 Å². The first-order valence-corrected chi connectivity index (χ1v) is 7.66. The highest BCUT2D eigenvalue weighted by atomic mass is 16.6. The average Bonchev–Trinajstić information content (AvgIpc) is 2.49. The molecule has 0 aliphatic carbocycles. The van der Waals surface area contributed by atoms with Gasteiger partial charge in [0, 0.05) is 30.6 Å². The van der Waals surface area contributed by atoms with Gasteiger partial charge in [-0.3, -0.25) is 19.8 Å². The van der Waals surface area contributed by atoms with Gasteiger partial charge in [0.25, 0.3) is 5.69 Å². The first-order chi connectivity index (χ1) is 10.5. The van der Waals surface area contributed by atoms with Crippen LogP contribution in [0.3, 0.4) is 0 Å². The fourth-order valence-corrected chi connectivity index (χ4v) is 3.89. The number of carbonyl (C=O) groups is 1. The van der Waals surface area contributed by atoms with Crippen molar-refractivity contribution < 1.29 is 14.8 Å². The SMILES string of the molecule is CN1[C@@H]2CCC[C@H]1[C@H](C(O)c1ccc([N+](=O)[O-])cc1)C(=O)C2.